The zero-order valence-corrected chi connectivity index (χ0v) is 27.4. The smallest absolute Gasteiger partial charge is 0.264 e. The molecule has 4 rings (SSSR count). The predicted octanol–water partition coefficient (Wildman–Crippen LogP) is 6.84. The molecule has 1 N–H and O–H groups in total. The molecule has 236 valence electrons. The van der Waals surface area contributed by atoms with E-state index in [0.717, 1.165) is 36.4 Å². The summed E-state index contributed by atoms with van der Waals surface area (Å²) in [6.45, 7) is 3.50. The Kier molecular flexibility index (Phi) is 11.9. The van der Waals surface area contributed by atoms with Gasteiger partial charge < -0.3 is 15.0 Å². The second-order valence-electron chi connectivity index (χ2n) is 10.7. The normalized spacial score (nSPS) is 14.5. The van der Waals surface area contributed by atoms with E-state index >= 15 is 0 Å². The molecule has 0 aromatic heterocycles. The van der Waals surface area contributed by atoms with Gasteiger partial charge in [-0.2, -0.15) is 0 Å². The molecule has 1 aliphatic carbocycles. The number of hydrogen-bond donors (Lipinski definition) is 1. The maximum Gasteiger partial charge on any atom is 0.264 e. The summed E-state index contributed by atoms with van der Waals surface area (Å²) in [6.07, 6.45) is 5.28. The van der Waals surface area contributed by atoms with Crippen molar-refractivity contribution in [3.05, 3.63) is 88.4 Å². The van der Waals surface area contributed by atoms with E-state index in [1.54, 1.807) is 60.7 Å². The van der Waals surface area contributed by atoms with Crippen LogP contribution in [0.4, 0.5) is 5.69 Å². The van der Waals surface area contributed by atoms with E-state index in [2.05, 4.69) is 5.32 Å². The van der Waals surface area contributed by atoms with Crippen molar-refractivity contribution in [1.29, 1.82) is 0 Å². The molecular weight excluding hydrogens is 621 g/mol. The van der Waals surface area contributed by atoms with E-state index in [9.17, 15) is 18.0 Å². The van der Waals surface area contributed by atoms with E-state index in [-0.39, 0.29) is 29.1 Å². The average Bonchev–Trinajstić information content (AvgIpc) is 3.02. The van der Waals surface area contributed by atoms with E-state index in [4.69, 9.17) is 27.9 Å². The summed E-state index contributed by atoms with van der Waals surface area (Å²) in [6, 6.07) is 18.6. The minimum Gasteiger partial charge on any atom is -0.494 e. The van der Waals surface area contributed by atoms with Crippen LogP contribution in [-0.4, -0.2) is 50.4 Å². The fourth-order valence-corrected chi connectivity index (χ4v) is 7.39. The molecule has 1 atom stereocenters. The van der Waals surface area contributed by atoms with Crippen molar-refractivity contribution in [3.8, 4) is 5.75 Å². The molecule has 3 aromatic carbocycles. The zero-order valence-electron chi connectivity index (χ0n) is 25.0. The van der Waals surface area contributed by atoms with Gasteiger partial charge >= 0.3 is 0 Å². The van der Waals surface area contributed by atoms with Crippen LogP contribution in [0.2, 0.25) is 10.0 Å². The van der Waals surface area contributed by atoms with E-state index in [0.29, 0.717) is 34.4 Å². The van der Waals surface area contributed by atoms with Crippen LogP contribution < -0.4 is 14.4 Å². The number of carbonyl (C=O) groups excluding carboxylic acids is 2. The minimum absolute atomic E-state index is 0.0319. The van der Waals surface area contributed by atoms with Crippen molar-refractivity contribution in [3.63, 3.8) is 0 Å². The SMILES string of the molecule is CCOc1ccc(N(CC(=O)N(Cc2c(Cl)cccc2Cl)[C@@H](CC)C(=O)NC2CCCCC2)S(=O)(=O)c2ccccc2)cc1. The molecule has 1 saturated carbocycles. The van der Waals surface area contributed by atoms with Gasteiger partial charge in [-0.3, -0.25) is 13.9 Å². The molecule has 0 heterocycles. The highest BCUT2D eigenvalue weighted by molar-refractivity contribution is 7.92. The molecule has 1 aliphatic rings. The maximum absolute atomic E-state index is 14.3. The highest BCUT2D eigenvalue weighted by Crippen LogP contribution is 2.30. The third-order valence-electron chi connectivity index (χ3n) is 7.77. The number of rotatable bonds is 13. The van der Waals surface area contributed by atoms with Crippen LogP contribution in [0.3, 0.4) is 0 Å². The van der Waals surface area contributed by atoms with Gasteiger partial charge in [-0.1, -0.05) is 73.7 Å². The standard InChI is InChI=1S/C33H39Cl2N3O5S/c1-3-31(33(40)36-24-12-7-5-8-13-24)37(22-28-29(34)16-11-17-30(28)35)32(39)23-38(25-18-20-26(21-19-25)43-4-2)44(41,42)27-14-9-6-10-15-27/h6,9-11,14-21,24,31H,3-5,7-8,12-13,22-23H2,1-2H3,(H,36,40)/t31-/m0/s1. The highest BCUT2D eigenvalue weighted by Gasteiger charge is 2.35. The lowest BCUT2D eigenvalue weighted by molar-refractivity contribution is -0.140. The molecule has 0 bridgehead atoms. The number of nitrogens with zero attached hydrogens (tertiary/aromatic N) is 2. The number of anilines is 1. The summed E-state index contributed by atoms with van der Waals surface area (Å²) >= 11 is 13.0. The first-order chi connectivity index (χ1) is 21.1. The van der Waals surface area contributed by atoms with Crippen LogP contribution in [0.5, 0.6) is 5.75 Å². The van der Waals surface area contributed by atoms with E-state index in [1.165, 1.54) is 17.0 Å². The first-order valence-corrected chi connectivity index (χ1v) is 17.2. The van der Waals surface area contributed by atoms with Crippen LogP contribution in [-0.2, 0) is 26.2 Å². The van der Waals surface area contributed by atoms with Gasteiger partial charge in [0.15, 0.2) is 0 Å². The molecule has 11 heteroatoms. The first-order valence-electron chi connectivity index (χ1n) is 15.0. The van der Waals surface area contributed by atoms with E-state index < -0.39 is 28.5 Å². The monoisotopic (exact) mass is 659 g/mol. The predicted molar refractivity (Wildman–Crippen MR) is 175 cm³/mol. The number of sulfonamides is 1. The Morgan fingerprint density at radius 2 is 1.55 bits per heavy atom. The summed E-state index contributed by atoms with van der Waals surface area (Å²) in [4.78, 5) is 29.5. The van der Waals surface area contributed by atoms with Gasteiger partial charge in [-0.05, 0) is 74.7 Å². The third kappa shape index (κ3) is 8.25. The van der Waals surface area contributed by atoms with Crippen molar-refractivity contribution < 1.29 is 22.7 Å². The lowest BCUT2D eigenvalue weighted by Gasteiger charge is -2.34. The largest absolute Gasteiger partial charge is 0.494 e. The molecular formula is C33H39Cl2N3O5S. The number of carbonyl (C=O) groups is 2. The summed E-state index contributed by atoms with van der Waals surface area (Å²) in [5, 5.41) is 3.83. The summed E-state index contributed by atoms with van der Waals surface area (Å²) in [5.74, 6) is -0.283. The highest BCUT2D eigenvalue weighted by atomic mass is 35.5. The number of nitrogens with one attached hydrogen (secondary N) is 1. The molecule has 0 saturated heterocycles. The Balaban J connectivity index is 1.73. The van der Waals surface area contributed by atoms with Gasteiger partial charge in [-0.15, -0.1) is 0 Å². The third-order valence-corrected chi connectivity index (χ3v) is 10.3. The fraction of sp³-hybridized carbons (Fsp3) is 0.394. The molecule has 1 fully saturated rings. The molecule has 0 aliphatic heterocycles. The molecule has 0 radical (unpaired) electrons. The van der Waals surface area contributed by atoms with Gasteiger partial charge in [0.1, 0.15) is 18.3 Å². The van der Waals surface area contributed by atoms with Crippen LogP contribution in [0, 0.1) is 0 Å². The van der Waals surface area contributed by atoms with Gasteiger partial charge in [0, 0.05) is 28.2 Å². The van der Waals surface area contributed by atoms with Crippen molar-refractivity contribution >= 4 is 50.7 Å². The van der Waals surface area contributed by atoms with Crippen molar-refractivity contribution in [2.75, 3.05) is 17.5 Å². The molecule has 2 amide bonds. The van der Waals surface area contributed by atoms with Crippen LogP contribution in [0.25, 0.3) is 0 Å². The Bertz CT molecular complexity index is 1490. The Morgan fingerprint density at radius 1 is 0.909 bits per heavy atom. The van der Waals surface area contributed by atoms with Crippen LogP contribution >= 0.6 is 23.2 Å². The molecule has 8 nitrogen and oxygen atoms in total. The first kappa shape index (κ1) is 33.6. The average molecular weight is 661 g/mol. The van der Waals surface area contributed by atoms with E-state index in [1.807, 2.05) is 13.8 Å². The van der Waals surface area contributed by atoms with Crippen LogP contribution in [0.15, 0.2) is 77.7 Å². The number of amides is 2. The van der Waals surface area contributed by atoms with Gasteiger partial charge in [0.25, 0.3) is 10.0 Å². The number of hydrogen-bond acceptors (Lipinski definition) is 5. The van der Waals surface area contributed by atoms with Gasteiger partial charge in [0.2, 0.25) is 11.8 Å². The van der Waals surface area contributed by atoms with Crippen molar-refractivity contribution in [2.45, 2.75) is 75.9 Å². The van der Waals surface area contributed by atoms with Gasteiger partial charge in [-0.25, -0.2) is 8.42 Å². The van der Waals surface area contributed by atoms with Crippen molar-refractivity contribution in [1.82, 2.24) is 10.2 Å². The molecule has 0 spiro atoms. The Morgan fingerprint density at radius 3 is 2.14 bits per heavy atom. The zero-order chi connectivity index (χ0) is 31.7. The lowest BCUT2D eigenvalue weighted by Crippen LogP contribution is -2.54. The Labute approximate surface area is 270 Å². The van der Waals surface area contributed by atoms with Crippen molar-refractivity contribution in [2.24, 2.45) is 0 Å². The number of ether oxygens (including phenoxy) is 1. The molecule has 44 heavy (non-hydrogen) atoms. The molecule has 0 unspecified atom stereocenters. The lowest BCUT2D eigenvalue weighted by atomic mass is 9.95. The van der Waals surface area contributed by atoms with Gasteiger partial charge in [0.05, 0.1) is 17.2 Å². The quantitative estimate of drug-likeness (QED) is 0.217. The summed E-state index contributed by atoms with van der Waals surface area (Å²) < 4.78 is 34.6. The maximum atomic E-state index is 14.3. The second kappa shape index (κ2) is 15.6. The molecule has 3 aromatic rings. The fourth-order valence-electron chi connectivity index (χ4n) is 5.44. The van der Waals surface area contributed by atoms with Crippen LogP contribution in [0.1, 0.15) is 57.9 Å². The second-order valence-corrected chi connectivity index (χ2v) is 13.4. The summed E-state index contributed by atoms with van der Waals surface area (Å²) in [7, 11) is -4.18. The topological polar surface area (TPSA) is 96.0 Å². The number of benzene rings is 3. The minimum atomic E-state index is -4.18. The summed E-state index contributed by atoms with van der Waals surface area (Å²) in [5.41, 5.74) is 0.757. The Hall–Kier alpha value is -3.27. The number of halogens is 2.